The van der Waals surface area contributed by atoms with Gasteiger partial charge in [-0.1, -0.05) is 15.9 Å². The Hall–Kier alpha value is -0.580. The fourth-order valence-electron chi connectivity index (χ4n) is 0.758. The van der Waals surface area contributed by atoms with Gasteiger partial charge in [-0.2, -0.15) is 0 Å². The van der Waals surface area contributed by atoms with Crippen molar-refractivity contribution in [2.45, 2.75) is 26.4 Å². The molecule has 0 spiro atoms. The first-order chi connectivity index (χ1) is 6.26. The van der Waals surface area contributed by atoms with Crippen molar-refractivity contribution in [3.63, 3.8) is 0 Å². The van der Waals surface area contributed by atoms with Crippen molar-refractivity contribution in [3.8, 4) is 0 Å². The third kappa shape index (κ3) is 5.96. The van der Waals surface area contributed by atoms with Gasteiger partial charge < -0.3 is 9.64 Å². The number of ether oxygens (including phenoxy) is 1. The van der Waals surface area contributed by atoms with Gasteiger partial charge in [0, 0.05) is 7.05 Å². The highest BCUT2D eigenvalue weighted by Gasteiger charge is 2.18. The minimum Gasteiger partial charge on any atom is -0.459 e. The van der Waals surface area contributed by atoms with Gasteiger partial charge >= 0.3 is 5.97 Å². The Kier molecular flexibility index (Phi) is 5.12. The highest BCUT2D eigenvalue weighted by Crippen LogP contribution is 2.07. The molecule has 82 valence electrons. The molecule has 0 radical (unpaired) electrons. The fraction of sp³-hybridized carbons (Fsp3) is 0.778. The first-order valence-electron chi connectivity index (χ1n) is 4.28. The van der Waals surface area contributed by atoms with E-state index in [4.69, 9.17) is 4.74 Å². The third-order valence-electron chi connectivity index (χ3n) is 1.33. The van der Waals surface area contributed by atoms with Gasteiger partial charge in [0.05, 0.1) is 5.33 Å². The summed E-state index contributed by atoms with van der Waals surface area (Å²) in [5.41, 5.74) is -0.505. The molecular formula is C9H16BrNO3. The smallest absolute Gasteiger partial charge is 0.326 e. The van der Waals surface area contributed by atoms with E-state index in [0.29, 0.717) is 0 Å². The Bertz CT molecular complexity index is 223. The number of hydrogen-bond donors (Lipinski definition) is 0. The van der Waals surface area contributed by atoms with Crippen molar-refractivity contribution < 1.29 is 14.3 Å². The van der Waals surface area contributed by atoms with Crippen molar-refractivity contribution in [2.24, 2.45) is 0 Å². The second-order valence-electron chi connectivity index (χ2n) is 3.97. The number of alkyl halides is 1. The van der Waals surface area contributed by atoms with E-state index >= 15 is 0 Å². The molecule has 0 bridgehead atoms. The summed E-state index contributed by atoms with van der Waals surface area (Å²) in [6.07, 6.45) is 0. The van der Waals surface area contributed by atoms with E-state index in [-0.39, 0.29) is 17.8 Å². The van der Waals surface area contributed by atoms with E-state index in [1.807, 2.05) is 0 Å². The molecule has 5 heteroatoms. The molecule has 0 aliphatic carbocycles. The van der Waals surface area contributed by atoms with E-state index in [1.165, 1.54) is 4.90 Å². The molecule has 0 aliphatic heterocycles. The van der Waals surface area contributed by atoms with Gasteiger partial charge in [-0.15, -0.1) is 0 Å². The number of halogens is 1. The minimum absolute atomic E-state index is 0.0122. The summed E-state index contributed by atoms with van der Waals surface area (Å²) < 4.78 is 5.05. The number of likely N-dealkylation sites (N-methyl/N-ethyl adjacent to an activating group) is 1. The van der Waals surface area contributed by atoms with Gasteiger partial charge in [-0.3, -0.25) is 9.59 Å². The molecule has 0 unspecified atom stereocenters. The number of rotatable bonds is 3. The Morgan fingerprint density at radius 3 is 2.21 bits per heavy atom. The van der Waals surface area contributed by atoms with Crippen LogP contribution in [0.25, 0.3) is 0 Å². The lowest BCUT2D eigenvalue weighted by Crippen LogP contribution is -2.36. The maximum absolute atomic E-state index is 11.3. The summed E-state index contributed by atoms with van der Waals surface area (Å²) in [6.45, 7) is 5.35. The van der Waals surface area contributed by atoms with Crippen LogP contribution < -0.4 is 0 Å². The second kappa shape index (κ2) is 5.34. The van der Waals surface area contributed by atoms with Crippen LogP contribution in [0.4, 0.5) is 0 Å². The summed E-state index contributed by atoms with van der Waals surface area (Å²) in [6, 6.07) is 0. The van der Waals surface area contributed by atoms with Gasteiger partial charge in [-0.05, 0) is 20.8 Å². The van der Waals surface area contributed by atoms with Gasteiger partial charge in [0.2, 0.25) is 5.91 Å². The van der Waals surface area contributed by atoms with Crippen LogP contribution in [0.5, 0.6) is 0 Å². The SMILES string of the molecule is CN(CC(=O)OC(C)(C)C)C(=O)CBr. The largest absolute Gasteiger partial charge is 0.459 e. The summed E-state index contributed by atoms with van der Waals surface area (Å²) >= 11 is 3.02. The molecule has 0 aromatic rings. The summed E-state index contributed by atoms with van der Waals surface area (Å²) in [4.78, 5) is 23.7. The molecule has 0 aromatic heterocycles. The molecule has 4 nitrogen and oxygen atoms in total. The van der Waals surface area contributed by atoms with E-state index in [0.717, 1.165) is 0 Å². The number of esters is 1. The molecule has 0 fully saturated rings. The number of hydrogen-bond acceptors (Lipinski definition) is 3. The van der Waals surface area contributed by atoms with Crippen molar-refractivity contribution >= 4 is 27.8 Å². The van der Waals surface area contributed by atoms with Crippen LogP contribution in [-0.4, -0.2) is 41.3 Å². The van der Waals surface area contributed by atoms with Crippen LogP contribution in [0, 0.1) is 0 Å². The van der Waals surface area contributed by atoms with Crippen molar-refractivity contribution in [1.82, 2.24) is 4.90 Å². The zero-order valence-electron chi connectivity index (χ0n) is 8.96. The molecule has 0 saturated heterocycles. The predicted molar refractivity (Wildman–Crippen MR) is 57.3 cm³/mol. The molecule has 0 heterocycles. The van der Waals surface area contributed by atoms with Crippen molar-refractivity contribution in [2.75, 3.05) is 18.9 Å². The van der Waals surface area contributed by atoms with Gasteiger partial charge in [0.1, 0.15) is 12.1 Å². The fourth-order valence-corrected chi connectivity index (χ4v) is 1.19. The summed E-state index contributed by atoms with van der Waals surface area (Å²) in [5, 5.41) is 0.215. The maximum Gasteiger partial charge on any atom is 0.326 e. The Labute approximate surface area is 92.7 Å². The topological polar surface area (TPSA) is 46.6 Å². The molecule has 0 N–H and O–H groups in total. The van der Waals surface area contributed by atoms with Crippen molar-refractivity contribution in [1.29, 1.82) is 0 Å². The molecule has 0 rings (SSSR count). The molecule has 0 saturated carbocycles. The van der Waals surface area contributed by atoms with Gasteiger partial charge in [0.25, 0.3) is 0 Å². The maximum atomic E-state index is 11.3. The standard InChI is InChI=1S/C9H16BrNO3/c1-9(2,3)14-8(13)6-11(4)7(12)5-10/h5-6H2,1-4H3. The second-order valence-corrected chi connectivity index (χ2v) is 4.53. The Balaban J connectivity index is 4.01. The number of carbonyl (C=O) groups excluding carboxylic acids is 2. The first-order valence-corrected chi connectivity index (χ1v) is 5.40. The van der Waals surface area contributed by atoms with Crippen LogP contribution in [0.1, 0.15) is 20.8 Å². The lowest BCUT2D eigenvalue weighted by atomic mass is 10.2. The lowest BCUT2D eigenvalue weighted by molar-refractivity contribution is -0.157. The predicted octanol–water partition coefficient (Wildman–Crippen LogP) is 1.18. The van der Waals surface area contributed by atoms with E-state index < -0.39 is 11.6 Å². The number of carbonyl (C=O) groups is 2. The third-order valence-corrected chi connectivity index (χ3v) is 1.81. The number of nitrogens with zero attached hydrogens (tertiary/aromatic N) is 1. The Morgan fingerprint density at radius 2 is 1.86 bits per heavy atom. The highest BCUT2D eigenvalue weighted by atomic mass is 79.9. The first kappa shape index (κ1) is 13.4. The van der Waals surface area contributed by atoms with Crippen molar-refractivity contribution in [3.05, 3.63) is 0 Å². The molecular weight excluding hydrogens is 250 g/mol. The molecule has 0 aliphatic rings. The van der Waals surface area contributed by atoms with Crippen LogP contribution in [0.3, 0.4) is 0 Å². The van der Waals surface area contributed by atoms with Crippen LogP contribution >= 0.6 is 15.9 Å². The summed E-state index contributed by atoms with van der Waals surface area (Å²) in [7, 11) is 1.56. The van der Waals surface area contributed by atoms with Gasteiger partial charge in [-0.25, -0.2) is 0 Å². The highest BCUT2D eigenvalue weighted by molar-refractivity contribution is 9.09. The Morgan fingerprint density at radius 1 is 1.36 bits per heavy atom. The molecule has 0 atom stereocenters. The summed E-state index contributed by atoms with van der Waals surface area (Å²) in [5.74, 6) is -0.537. The van der Waals surface area contributed by atoms with Gasteiger partial charge in [0.15, 0.2) is 0 Å². The average molecular weight is 266 g/mol. The average Bonchev–Trinajstić information content (AvgIpc) is 1.99. The van der Waals surface area contributed by atoms with Crippen LogP contribution in [0.2, 0.25) is 0 Å². The molecule has 0 aromatic carbocycles. The zero-order valence-corrected chi connectivity index (χ0v) is 10.6. The normalized spacial score (nSPS) is 10.9. The zero-order chi connectivity index (χ0) is 11.4. The monoisotopic (exact) mass is 265 g/mol. The quantitative estimate of drug-likeness (QED) is 0.569. The number of amides is 1. The molecule has 14 heavy (non-hydrogen) atoms. The molecule has 1 amide bonds. The van der Waals surface area contributed by atoms with E-state index in [9.17, 15) is 9.59 Å². The van der Waals surface area contributed by atoms with E-state index in [2.05, 4.69) is 15.9 Å². The van der Waals surface area contributed by atoms with Crippen LogP contribution in [0.15, 0.2) is 0 Å². The lowest BCUT2D eigenvalue weighted by Gasteiger charge is -2.22. The van der Waals surface area contributed by atoms with E-state index in [1.54, 1.807) is 27.8 Å². The minimum atomic E-state index is -0.505. The van der Waals surface area contributed by atoms with Crippen LogP contribution in [-0.2, 0) is 14.3 Å².